The van der Waals surface area contributed by atoms with Crippen molar-refractivity contribution in [1.82, 2.24) is 9.80 Å². The maximum Gasteiger partial charge on any atom is 0.150 e. The molecule has 0 spiro atoms. The Balaban J connectivity index is 2.56. The molecule has 1 unspecified atom stereocenters. The molecule has 1 aliphatic heterocycles. The van der Waals surface area contributed by atoms with Gasteiger partial charge < -0.3 is 4.90 Å². The van der Waals surface area contributed by atoms with Crippen LogP contribution in [0.15, 0.2) is 0 Å². The molecule has 0 amide bonds. The Morgan fingerprint density at radius 1 is 1.05 bits per heavy atom. The van der Waals surface area contributed by atoms with E-state index in [-0.39, 0.29) is 21.9 Å². The summed E-state index contributed by atoms with van der Waals surface area (Å²) in [5.41, 5.74) is -0.160. The number of thiol groups is 1. The molecule has 1 saturated heterocycles. The average Bonchev–Trinajstić information content (AvgIpc) is 2.36. The largest absolute Gasteiger partial charge is 0.300 e. The molecule has 3 nitrogen and oxygen atoms in total. The van der Waals surface area contributed by atoms with Gasteiger partial charge in [-0.05, 0) is 32.6 Å². The van der Waals surface area contributed by atoms with E-state index in [2.05, 4.69) is 64.0 Å². The van der Waals surface area contributed by atoms with Crippen molar-refractivity contribution in [1.29, 1.82) is 0 Å². The van der Waals surface area contributed by atoms with Gasteiger partial charge >= 0.3 is 0 Å². The van der Waals surface area contributed by atoms with Crippen molar-refractivity contribution in [3.8, 4) is 0 Å². The van der Waals surface area contributed by atoms with E-state index in [9.17, 15) is 4.79 Å². The number of carbonyl (C=O) groups is 1. The first kappa shape index (κ1) is 20.0. The Hall–Kier alpha value is -0.0600. The minimum absolute atomic E-state index is 0.141. The number of nitrogens with zero attached hydrogens (tertiary/aromatic N) is 2. The number of hydrogen-bond donors (Lipinski definition) is 1. The van der Waals surface area contributed by atoms with Crippen molar-refractivity contribution >= 4 is 18.4 Å². The van der Waals surface area contributed by atoms with Crippen LogP contribution in [-0.2, 0) is 4.79 Å². The van der Waals surface area contributed by atoms with Gasteiger partial charge in [0, 0.05) is 44.2 Å². The fraction of sp³-hybridized carbons (Fsp3) is 0.944. The lowest BCUT2D eigenvalue weighted by molar-refractivity contribution is -0.128. The third kappa shape index (κ3) is 5.86. The monoisotopic (exact) mass is 328 g/mol. The minimum Gasteiger partial charge on any atom is -0.300 e. The standard InChI is InChI=1S/C18H36N2OS/c1-14(2)20-10-8-19(9-11-20)13-17(4,5)12-18(6,7)16(21)15(3)22/h14-15,22H,8-13H2,1-7H3. The molecule has 1 atom stereocenters. The van der Waals surface area contributed by atoms with Crippen molar-refractivity contribution in [3.05, 3.63) is 0 Å². The van der Waals surface area contributed by atoms with Crippen LogP contribution in [0.4, 0.5) is 0 Å². The summed E-state index contributed by atoms with van der Waals surface area (Å²) in [4.78, 5) is 17.5. The van der Waals surface area contributed by atoms with Crippen LogP contribution >= 0.6 is 12.6 Å². The predicted octanol–water partition coefficient (Wildman–Crippen LogP) is 3.34. The summed E-state index contributed by atoms with van der Waals surface area (Å²) in [7, 11) is 0. The Labute approximate surface area is 143 Å². The fourth-order valence-electron chi connectivity index (χ4n) is 3.95. The van der Waals surface area contributed by atoms with E-state index >= 15 is 0 Å². The van der Waals surface area contributed by atoms with Crippen molar-refractivity contribution < 1.29 is 4.79 Å². The van der Waals surface area contributed by atoms with E-state index < -0.39 is 0 Å². The second kappa shape index (κ2) is 7.67. The molecule has 0 aromatic carbocycles. The lowest BCUT2D eigenvalue weighted by Gasteiger charge is -2.42. The van der Waals surface area contributed by atoms with Crippen molar-refractivity contribution in [2.45, 2.75) is 66.2 Å². The van der Waals surface area contributed by atoms with Crippen LogP contribution in [0.5, 0.6) is 0 Å². The zero-order chi connectivity index (χ0) is 17.1. The highest BCUT2D eigenvalue weighted by atomic mass is 32.1. The van der Waals surface area contributed by atoms with Crippen LogP contribution in [0.1, 0.15) is 54.9 Å². The van der Waals surface area contributed by atoms with Gasteiger partial charge in [0.1, 0.15) is 0 Å². The normalized spacial score (nSPS) is 20.4. The van der Waals surface area contributed by atoms with Gasteiger partial charge in [-0.2, -0.15) is 12.6 Å². The summed E-state index contributed by atoms with van der Waals surface area (Å²) in [5.74, 6) is 0.258. The number of piperazine rings is 1. The van der Waals surface area contributed by atoms with Gasteiger partial charge in [-0.3, -0.25) is 9.69 Å². The van der Waals surface area contributed by atoms with E-state index in [1.165, 1.54) is 0 Å². The van der Waals surface area contributed by atoms with Crippen LogP contribution in [0.2, 0.25) is 0 Å². The molecule has 22 heavy (non-hydrogen) atoms. The number of hydrogen-bond acceptors (Lipinski definition) is 4. The summed E-state index contributed by atoms with van der Waals surface area (Å²) >= 11 is 4.33. The van der Waals surface area contributed by atoms with Gasteiger partial charge in [-0.1, -0.05) is 27.7 Å². The molecule has 0 N–H and O–H groups in total. The maximum absolute atomic E-state index is 12.4. The molecule has 1 heterocycles. The molecule has 130 valence electrons. The second-order valence-corrected chi connectivity index (χ2v) is 9.45. The minimum atomic E-state index is -0.301. The van der Waals surface area contributed by atoms with Gasteiger partial charge in [0.15, 0.2) is 5.78 Å². The SMILES string of the molecule is CC(S)C(=O)C(C)(C)CC(C)(C)CN1CCN(C(C)C)CC1. The lowest BCUT2D eigenvalue weighted by atomic mass is 9.72. The number of carbonyl (C=O) groups excluding carboxylic acids is 1. The first-order chi connectivity index (χ1) is 9.94. The molecule has 1 aliphatic rings. The van der Waals surface area contributed by atoms with Gasteiger partial charge in [0.2, 0.25) is 0 Å². The van der Waals surface area contributed by atoms with Gasteiger partial charge in [0.05, 0.1) is 5.25 Å². The summed E-state index contributed by atoms with van der Waals surface area (Å²) in [6.07, 6.45) is 0.911. The van der Waals surface area contributed by atoms with E-state index in [4.69, 9.17) is 0 Å². The van der Waals surface area contributed by atoms with Crippen LogP contribution < -0.4 is 0 Å². The highest BCUT2D eigenvalue weighted by Gasteiger charge is 2.37. The van der Waals surface area contributed by atoms with Crippen LogP contribution in [0.3, 0.4) is 0 Å². The van der Waals surface area contributed by atoms with Gasteiger partial charge in [-0.25, -0.2) is 0 Å². The Bertz CT molecular complexity index is 369. The van der Waals surface area contributed by atoms with E-state index in [1.54, 1.807) is 0 Å². The predicted molar refractivity (Wildman–Crippen MR) is 98.8 cm³/mol. The first-order valence-corrected chi connectivity index (χ1v) is 9.15. The molecular weight excluding hydrogens is 292 g/mol. The molecule has 1 rings (SSSR count). The average molecular weight is 329 g/mol. The van der Waals surface area contributed by atoms with Crippen LogP contribution in [-0.4, -0.2) is 59.6 Å². The van der Waals surface area contributed by atoms with Crippen LogP contribution in [0.25, 0.3) is 0 Å². The third-order valence-electron chi connectivity index (χ3n) is 4.76. The fourth-order valence-corrected chi connectivity index (χ4v) is 4.30. The Morgan fingerprint density at radius 2 is 1.55 bits per heavy atom. The molecule has 0 saturated carbocycles. The molecule has 4 heteroatoms. The maximum atomic E-state index is 12.4. The van der Waals surface area contributed by atoms with Gasteiger partial charge in [-0.15, -0.1) is 0 Å². The molecule has 0 aromatic heterocycles. The number of ketones is 1. The van der Waals surface area contributed by atoms with Crippen molar-refractivity contribution in [2.24, 2.45) is 10.8 Å². The quantitative estimate of drug-likeness (QED) is 0.725. The number of Topliss-reactive ketones (excluding diaryl/α,β-unsaturated/α-hetero) is 1. The molecule has 0 aromatic rings. The molecule has 0 radical (unpaired) electrons. The van der Waals surface area contributed by atoms with Crippen molar-refractivity contribution in [2.75, 3.05) is 32.7 Å². The first-order valence-electron chi connectivity index (χ1n) is 8.63. The Morgan fingerprint density at radius 3 is 1.95 bits per heavy atom. The highest BCUT2D eigenvalue weighted by molar-refractivity contribution is 7.81. The lowest BCUT2D eigenvalue weighted by Crippen LogP contribution is -2.51. The molecule has 1 fully saturated rings. The number of rotatable bonds is 7. The summed E-state index contributed by atoms with van der Waals surface area (Å²) in [6, 6.07) is 0.642. The Kier molecular flexibility index (Phi) is 6.97. The second-order valence-electron chi connectivity index (χ2n) is 8.67. The van der Waals surface area contributed by atoms with Crippen molar-refractivity contribution in [3.63, 3.8) is 0 Å². The van der Waals surface area contributed by atoms with E-state index in [1.807, 2.05) is 6.92 Å². The summed E-state index contributed by atoms with van der Waals surface area (Å²) in [5, 5.41) is -0.180. The van der Waals surface area contributed by atoms with E-state index in [0.717, 1.165) is 39.1 Å². The van der Waals surface area contributed by atoms with Crippen LogP contribution in [0, 0.1) is 10.8 Å². The molecule has 0 aliphatic carbocycles. The summed E-state index contributed by atoms with van der Waals surface area (Å²) < 4.78 is 0. The summed E-state index contributed by atoms with van der Waals surface area (Å²) in [6.45, 7) is 20.8. The van der Waals surface area contributed by atoms with E-state index in [0.29, 0.717) is 6.04 Å². The topological polar surface area (TPSA) is 23.6 Å². The zero-order valence-corrected chi connectivity index (χ0v) is 16.5. The van der Waals surface area contributed by atoms with Gasteiger partial charge in [0.25, 0.3) is 0 Å². The highest BCUT2D eigenvalue weighted by Crippen LogP contribution is 2.36. The molecule has 0 bridgehead atoms. The zero-order valence-electron chi connectivity index (χ0n) is 15.6. The smallest absolute Gasteiger partial charge is 0.150 e. The third-order valence-corrected chi connectivity index (χ3v) is 4.99. The molecular formula is C18H36N2OS.